The van der Waals surface area contributed by atoms with Crippen molar-refractivity contribution < 1.29 is 4.39 Å². The first-order chi connectivity index (χ1) is 27.2. The van der Waals surface area contributed by atoms with Gasteiger partial charge in [-0.15, -0.1) is 0 Å². The van der Waals surface area contributed by atoms with Crippen molar-refractivity contribution in [2.24, 2.45) is 0 Å². The zero-order chi connectivity index (χ0) is 47.4. The Labute approximate surface area is 369 Å². The molecule has 0 radical (unpaired) electrons. The maximum Gasteiger partial charge on any atom is 0.163 e. The Balaban J connectivity index is 0.000000282. The highest BCUT2D eigenvalue weighted by atomic mass is 19.1. The summed E-state index contributed by atoms with van der Waals surface area (Å²) in [5, 5.41) is 1.16. The lowest BCUT2D eigenvalue weighted by atomic mass is 9.87. The molecule has 0 aliphatic heterocycles. The molecule has 5 aromatic rings. The second-order valence-electron chi connectivity index (χ2n) is 24.2. The van der Waals surface area contributed by atoms with E-state index in [1.165, 1.54) is 6.20 Å². The number of halogens is 1. The molecule has 61 heavy (non-hydrogen) atoms. The molecule has 1 aromatic carbocycles. The predicted molar refractivity (Wildman–Crippen MR) is 253 cm³/mol. The van der Waals surface area contributed by atoms with Gasteiger partial charge >= 0.3 is 0 Å². The number of nitrogens with zero attached hydrogens (tertiary/aromatic N) is 9. The van der Waals surface area contributed by atoms with Gasteiger partial charge in [-0.3, -0.25) is 0 Å². The molecule has 9 nitrogen and oxygen atoms in total. The van der Waals surface area contributed by atoms with Gasteiger partial charge in [-0.2, -0.15) is 0 Å². The van der Waals surface area contributed by atoms with Crippen LogP contribution in [-0.2, 0) is 43.3 Å². The second kappa shape index (κ2) is 19.0. The van der Waals surface area contributed by atoms with Crippen LogP contribution in [0.1, 0.15) is 212 Å². The highest BCUT2D eigenvalue weighted by Gasteiger charge is 2.27. The topological polar surface area (TPSA) is 116 Å². The minimum atomic E-state index is -0.324. The van der Waals surface area contributed by atoms with Crippen LogP contribution in [0.4, 0.5) is 4.39 Å². The third-order valence-corrected chi connectivity index (χ3v) is 9.12. The van der Waals surface area contributed by atoms with Gasteiger partial charge in [0.1, 0.15) is 35.4 Å². The minimum Gasteiger partial charge on any atom is -0.241 e. The Kier molecular flexibility index (Phi) is 16.4. The van der Waals surface area contributed by atoms with Gasteiger partial charge < -0.3 is 0 Å². The number of hydrogen-bond acceptors (Lipinski definition) is 9. The summed E-state index contributed by atoms with van der Waals surface area (Å²) in [5.74, 6) is 3.93. The van der Waals surface area contributed by atoms with Gasteiger partial charge in [-0.1, -0.05) is 184 Å². The number of fused-ring (bicyclic) bond motifs is 1. The monoisotopic (exact) mass is 838 g/mol. The van der Waals surface area contributed by atoms with Crippen LogP contribution in [0.5, 0.6) is 0 Å². The molecule has 0 saturated carbocycles. The standard InChI is InChI=1S/C16H22N2.C12H19FN2.C12H20N2.C11H19N3/c1-15(2,3)13-11-9-7-8-10-12(11)17-14(18-13)16(4,5)6;1-11(2,3)9-8(13)7-14-10(15-9)12(4,5)6;1-11(2,3)9-7-8-13-10(14-9)12(4,5)6;1-10(2,3)8-12-7-13-9(14-8)11(4,5)6/h7-10H,1-6H3;7H,1-6H3;7-8H,1-6H3;7H,1-6H3. The largest absolute Gasteiger partial charge is 0.241 e. The molecule has 0 atom stereocenters. The van der Waals surface area contributed by atoms with Crippen LogP contribution in [-0.4, -0.2) is 44.9 Å². The highest BCUT2D eigenvalue weighted by molar-refractivity contribution is 5.81. The molecule has 4 heterocycles. The molecule has 0 unspecified atom stereocenters. The van der Waals surface area contributed by atoms with Gasteiger partial charge in [0.15, 0.2) is 5.82 Å². The first-order valence-electron chi connectivity index (χ1n) is 21.6. The molecule has 0 amide bonds. The summed E-state index contributed by atoms with van der Waals surface area (Å²) in [4.78, 5) is 39.7. The molecule has 0 saturated heterocycles. The van der Waals surface area contributed by atoms with E-state index in [1.807, 2.05) is 59.9 Å². The number of benzene rings is 1. The molecular weight excluding hydrogens is 758 g/mol. The fourth-order valence-electron chi connectivity index (χ4n) is 5.39. The Bertz CT molecular complexity index is 2060. The van der Waals surface area contributed by atoms with E-state index in [0.717, 1.165) is 45.6 Å². The molecule has 5 rings (SSSR count). The molecule has 0 spiro atoms. The number of rotatable bonds is 0. The first kappa shape index (κ1) is 52.8. The summed E-state index contributed by atoms with van der Waals surface area (Å²) < 4.78 is 13.5. The fraction of sp³-hybridized carbons (Fsp3) is 0.627. The normalized spacial score (nSPS) is 13.0. The van der Waals surface area contributed by atoms with Crippen molar-refractivity contribution in [2.75, 3.05) is 0 Å². The fourth-order valence-corrected chi connectivity index (χ4v) is 5.39. The van der Waals surface area contributed by atoms with Crippen molar-refractivity contribution in [3.8, 4) is 0 Å². The molecule has 336 valence electrons. The van der Waals surface area contributed by atoms with Gasteiger partial charge in [0.25, 0.3) is 0 Å². The number of aromatic nitrogens is 9. The summed E-state index contributed by atoms with van der Waals surface area (Å²) >= 11 is 0. The van der Waals surface area contributed by atoms with Crippen molar-refractivity contribution in [1.82, 2.24) is 44.9 Å². The van der Waals surface area contributed by atoms with Crippen molar-refractivity contribution in [2.45, 2.75) is 209 Å². The van der Waals surface area contributed by atoms with Crippen LogP contribution in [0.15, 0.2) is 49.1 Å². The van der Waals surface area contributed by atoms with Crippen LogP contribution in [0.2, 0.25) is 0 Å². The van der Waals surface area contributed by atoms with Gasteiger partial charge in [0.05, 0.1) is 23.1 Å². The van der Waals surface area contributed by atoms with E-state index in [0.29, 0.717) is 11.5 Å². The third kappa shape index (κ3) is 16.1. The molecule has 0 aliphatic rings. The van der Waals surface area contributed by atoms with Crippen LogP contribution < -0.4 is 0 Å². The summed E-state index contributed by atoms with van der Waals surface area (Å²) in [6.07, 6.45) is 4.73. The van der Waals surface area contributed by atoms with Gasteiger partial charge in [0, 0.05) is 60.6 Å². The van der Waals surface area contributed by atoms with E-state index in [4.69, 9.17) is 9.97 Å². The molecule has 0 N–H and O–H groups in total. The molecule has 10 heteroatoms. The van der Waals surface area contributed by atoms with Crippen molar-refractivity contribution >= 4 is 10.9 Å². The Hall–Kier alpha value is -4.34. The van der Waals surface area contributed by atoms with Crippen molar-refractivity contribution in [3.63, 3.8) is 0 Å². The molecule has 0 bridgehead atoms. The van der Waals surface area contributed by atoms with Crippen LogP contribution in [0, 0.1) is 5.82 Å². The Morgan fingerprint density at radius 1 is 0.361 bits per heavy atom. The number of hydrogen-bond donors (Lipinski definition) is 0. The number of para-hydroxylation sites is 1. The lowest BCUT2D eigenvalue weighted by Crippen LogP contribution is -2.23. The van der Waals surface area contributed by atoms with Gasteiger partial charge in [-0.25, -0.2) is 49.2 Å². The molecule has 0 fully saturated rings. The second-order valence-corrected chi connectivity index (χ2v) is 24.2. The van der Waals surface area contributed by atoms with Crippen molar-refractivity contribution in [1.29, 1.82) is 0 Å². The third-order valence-electron chi connectivity index (χ3n) is 9.12. The maximum atomic E-state index is 13.5. The summed E-state index contributed by atoms with van der Waals surface area (Å²) in [6, 6.07) is 10.3. The smallest absolute Gasteiger partial charge is 0.163 e. The minimum absolute atomic E-state index is 0.0110. The van der Waals surface area contributed by atoms with Gasteiger partial charge in [0.2, 0.25) is 0 Å². The van der Waals surface area contributed by atoms with E-state index >= 15 is 0 Å². The average Bonchev–Trinajstić information content (AvgIpc) is 3.09. The average molecular weight is 838 g/mol. The zero-order valence-electron chi connectivity index (χ0n) is 42.5. The van der Waals surface area contributed by atoms with Crippen molar-refractivity contribution in [3.05, 3.63) is 101 Å². The van der Waals surface area contributed by atoms with E-state index in [9.17, 15) is 4.39 Å². The van der Waals surface area contributed by atoms with Gasteiger partial charge in [-0.05, 0) is 12.1 Å². The molecule has 4 aromatic heterocycles. The van der Waals surface area contributed by atoms with Crippen LogP contribution in [0.3, 0.4) is 0 Å². The Morgan fingerprint density at radius 3 is 1.20 bits per heavy atom. The zero-order valence-corrected chi connectivity index (χ0v) is 42.5. The van der Waals surface area contributed by atoms with E-state index < -0.39 is 0 Å². The van der Waals surface area contributed by atoms with Crippen LogP contribution in [0.25, 0.3) is 10.9 Å². The van der Waals surface area contributed by atoms with E-state index in [-0.39, 0.29) is 49.1 Å². The predicted octanol–water partition coefficient (Wildman–Crippen LogP) is 13.0. The SMILES string of the molecule is CC(C)(C)c1ccnc(C(C)(C)C)n1.CC(C)(C)c1nc(C(C)(C)C)c2ccccc2n1.CC(C)(C)c1ncc(F)c(C(C)(C)C)n1.CC(C)(C)c1ncnc(C(C)(C)C)n1. The summed E-state index contributed by atoms with van der Waals surface area (Å²) in [7, 11) is 0. The first-order valence-corrected chi connectivity index (χ1v) is 21.6. The highest BCUT2D eigenvalue weighted by Crippen LogP contribution is 2.31. The molecular formula is C51H80FN9. The maximum absolute atomic E-state index is 13.5. The lowest BCUT2D eigenvalue weighted by molar-refractivity contribution is 0.469. The Morgan fingerprint density at radius 2 is 0.770 bits per heavy atom. The molecule has 0 aliphatic carbocycles. The van der Waals surface area contributed by atoms with E-state index in [1.54, 1.807) is 6.33 Å². The summed E-state index contributed by atoms with van der Waals surface area (Å²) in [5.41, 5.74) is 3.46. The van der Waals surface area contributed by atoms with E-state index in [2.05, 4.69) is 178 Å². The summed E-state index contributed by atoms with van der Waals surface area (Å²) in [6.45, 7) is 50.5. The van der Waals surface area contributed by atoms with Crippen LogP contribution >= 0.6 is 0 Å². The quantitative estimate of drug-likeness (QED) is 0.150. The lowest BCUT2D eigenvalue weighted by Gasteiger charge is -2.24.